The van der Waals surface area contributed by atoms with Gasteiger partial charge in [0.05, 0.1) is 13.7 Å². The Labute approximate surface area is 189 Å². The summed E-state index contributed by atoms with van der Waals surface area (Å²) < 4.78 is 12.3. The van der Waals surface area contributed by atoms with Crippen molar-refractivity contribution in [1.29, 1.82) is 0 Å². The molecule has 0 aromatic heterocycles. The molecule has 2 aromatic carbocycles. The van der Waals surface area contributed by atoms with Crippen LogP contribution < -0.4 is 10.1 Å². The van der Waals surface area contributed by atoms with Gasteiger partial charge >= 0.3 is 5.97 Å². The van der Waals surface area contributed by atoms with E-state index in [2.05, 4.69) is 39.5 Å². The molecule has 0 atom stereocenters. The maximum atomic E-state index is 12.9. The van der Waals surface area contributed by atoms with Crippen LogP contribution in [0, 0.1) is 0 Å². The molecule has 1 fully saturated rings. The summed E-state index contributed by atoms with van der Waals surface area (Å²) in [5.41, 5.74) is 3.79. The lowest BCUT2D eigenvalue weighted by molar-refractivity contribution is -0.147. The number of esters is 1. The predicted octanol–water partition coefficient (Wildman–Crippen LogP) is 5.86. The highest BCUT2D eigenvalue weighted by molar-refractivity contribution is 9.11. The fraction of sp³-hybridized carbons (Fsp3) is 0.375. The van der Waals surface area contributed by atoms with Crippen LogP contribution in [0.2, 0.25) is 5.02 Å². The zero-order valence-electron chi connectivity index (χ0n) is 16.8. The molecule has 2 aromatic rings. The molecular formula is C24H23BrClNO3. The number of hydrogen-bond acceptors (Lipinski definition) is 4. The van der Waals surface area contributed by atoms with Crippen molar-refractivity contribution in [2.75, 3.05) is 19.0 Å². The first-order chi connectivity index (χ1) is 14.5. The number of methoxy groups -OCH3 is 1. The highest BCUT2D eigenvalue weighted by Gasteiger charge is 2.52. The molecule has 0 amide bonds. The third-order valence-corrected chi connectivity index (χ3v) is 8.08. The van der Waals surface area contributed by atoms with E-state index in [0.29, 0.717) is 17.9 Å². The van der Waals surface area contributed by atoms with E-state index >= 15 is 0 Å². The van der Waals surface area contributed by atoms with Crippen molar-refractivity contribution in [2.45, 2.75) is 43.1 Å². The van der Waals surface area contributed by atoms with Crippen molar-refractivity contribution in [2.24, 2.45) is 0 Å². The number of nitrogens with one attached hydrogen (secondary N) is 1. The molecule has 1 saturated carbocycles. The van der Waals surface area contributed by atoms with Gasteiger partial charge in [0, 0.05) is 27.0 Å². The number of rotatable bonds is 3. The standard InChI is InChI=1S/C24H23BrClNO3/c1-29-22(28)24(27-18-4-2-3-17(26)13-18)8-6-23(7-9-24)19-14-20-15(5-10-30-20)11-16(19)12-21(23)25/h2-4,11-14,27H,5-10H2,1H3. The summed E-state index contributed by atoms with van der Waals surface area (Å²) in [5, 5.41) is 4.09. The number of allylic oxidation sites excluding steroid dienone is 1. The van der Waals surface area contributed by atoms with Crippen LogP contribution in [0.4, 0.5) is 5.69 Å². The first-order valence-electron chi connectivity index (χ1n) is 10.3. The normalized spacial score (nSPS) is 26.6. The molecule has 0 unspecified atom stereocenters. The zero-order chi connectivity index (χ0) is 20.9. The molecule has 0 saturated heterocycles. The second-order valence-corrected chi connectivity index (χ2v) is 9.72. The Hall–Kier alpha value is -1.98. The van der Waals surface area contributed by atoms with E-state index in [1.54, 1.807) is 0 Å². The molecule has 30 heavy (non-hydrogen) atoms. The number of ether oxygens (including phenoxy) is 2. The van der Waals surface area contributed by atoms with Gasteiger partial charge in [-0.15, -0.1) is 0 Å². The molecule has 2 aliphatic carbocycles. The second-order valence-electron chi connectivity index (χ2n) is 8.43. The average molecular weight is 489 g/mol. The molecule has 3 aliphatic rings. The number of halogens is 2. The summed E-state index contributed by atoms with van der Waals surface area (Å²) in [6.45, 7) is 0.755. The highest BCUT2D eigenvalue weighted by atomic mass is 79.9. The molecule has 1 heterocycles. The maximum Gasteiger partial charge on any atom is 0.331 e. The quantitative estimate of drug-likeness (QED) is 0.550. The van der Waals surface area contributed by atoms with Gasteiger partial charge in [-0.1, -0.05) is 33.6 Å². The van der Waals surface area contributed by atoms with Crippen molar-refractivity contribution < 1.29 is 14.3 Å². The Balaban J connectivity index is 1.47. The minimum absolute atomic E-state index is 0.121. The van der Waals surface area contributed by atoms with Gasteiger partial charge in [-0.2, -0.15) is 0 Å². The summed E-state index contributed by atoms with van der Waals surface area (Å²) >= 11 is 10.0. The highest BCUT2D eigenvalue weighted by Crippen LogP contribution is 2.56. The number of hydrogen-bond donors (Lipinski definition) is 1. The molecule has 1 aliphatic heterocycles. The van der Waals surface area contributed by atoms with Gasteiger partial charge in [0.25, 0.3) is 0 Å². The van der Waals surface area contributed by atoms with Crippen LogP contribution >= 0.6 is 27.5 Å². The van der Waals surface area contributed by atoms with Gasteiger partial charge in [0.15, 0.2) is 0 Å². The number of carbonyl (C=O) groups excluding carboxylic acids is 1. The van der Waals surface area contributed by atoms with Crippen LogP contribution in [0.15, 0.2) is 40.9 Å². The monoisotopic (exact) mass is 487 g/mol. The summed E-state index contributed by atoms with van der Waals surface area (Å²) in [6, 6.07) is 12.0. The first-order valence-corrected chi connectivity index (χ1v) is 11.4. The van der Waals surface area contributed by atoms with Crippen LogP contribution in [0.3, 0.4) is 0 Å². The predicted molar refractivity (Wildman–Crippen MR) is 123 cm³/mol. The Morgan fingerprint density at radius 2 is 2.00 bits per heavy atom. The average Bonchev–Trinajstić information content (AvgIpc) is 3.30. The lowest BCUT2D eigenvalue weighted by Crippen LogP contribution is -2.52. The molecule has 156 valence electrons. The van der Waals surface area contributed by atoms with Gasteiger partial charge in [0.2, 0.25) is 0 Å². The van der Waals surface area contributed by atoms with Gasteiger partial charge in [0.1, 0.15) is 11.3 Å². The molecule has 1 spiro atoms. The van der Waals surface area contributed by atoms with E-state index in [1.165, 1.54) is 28.3 Å². The smallest absolute Gasteiger partial charge is 0.331 e. The number of anilines is 1. The first kappa shape index (κ1) is 20.0. The Morgan fingerprint density at radius 3 is 2.73 bits per heavy atom. The lowest BCUT2D eigenvalue weighted by Gasteiger charge is -2.45. The zero-order valence-corrected chi connectivity index (χ0v) is 19.1. The molecule has 0 bridgehead atoms. The Morgan fingerprint density at radius 1 is 1.20 bits per heavy atom. The molecule has 1 N–H and O–H groups in total. The van der Waals surface area contributed by atoms with Crippen LogP contribution in [-0.2, 0) is 21.4 Å². The summed E-state index contributed by atoms with van der Waals surface area (Å²) in [4.78, 5) is 12.9. The molecule has 0 radical (unpaired) electrons. The van der Waals surface area contributed by atoms with Crippen LogP contribution in [0.5, 0.6) is 5.75 Å². The minimum Gasteiger partial charge on any atom is -0.493 e. The fourth-order valence-corrected chi connectivity index (χ4v) is 6.26. The maximum absolute atomic E-state index is 12.9. The SMILES string of the molecule is COC(=O)C1(Nc2cccc(Cl)c2)CCC2(CC1)C(Br)=Cc1cc3c(cc12)OCC3. The van der Waals surface area contributed by atoms with Gasteiger partial charge in [-0.3, -0.25) is 0 Å². The van der Waals surface area contributed by atoms with Crippen molar-refractivity contribution in [3.8, 4) is 5.75 Å². The van der Waals surface area contributed by atoms with E-state index in [9.17, 15) is 4.79 Å². The molecule has 4 nitrogen and oxygen atoms in total. The van der Waals surface area contributed by atoms with Gasteiger partial charge in [-0.25, -0.2) is 4.79 Å². The lowest BCUT2D eigenvalue weighted by atomic mass is 9.65. The fourth-order valence-electron chi connectivity index (χ4n) is 5.21. The van der Waals surface area contributed by atoms with Crippen LogP contribution in [-0.4, -0.2) is 25.2 Å². The van der Waals surface area contributed by atoms with Crippen LogP contribution in [0.25, 0.3) is 6.08 Å². The Bertz CT molecular complexity index is 1060. The summed E-state index contributed by atoms with van der Waals surface area (Å²) in [6.07, 6.45) is 6.19. The van der Waals surface area contributed by atoms with E-state index in [0.717, 1.165) is 37.3 Å². The second kappa shape index (κ2) is 7.31. The van der Waals surface area contributed by atoms with Crippen molar-refractivity contribution in [3.05, 3.63) is 62.6 Å². The molecule has 6 heteroatoms. The topological polar surface area (TPSA) is 47.6 Å². The van der Waals surface area contributed by atoms with Gasteiger partial charge < -0.3 is 14.8 Å². The number of carbonyl (C=O) groups is 1. The van der Waals surface area contributed by atoms with Crippen molar-refractivity contribution in [3.63, 3.8) is 0 Å². The van der Waals surface area contributed by atoms with Gasteiger partial charge in [-0.05, 0) is 78.8 Å². The number of fused-ring (bicyclic) bond motifs is 3. The third kappa shape index (κ3) is 3.05. The van der Waals surface area contributed by atoms with E-state index in [1.807, 2.05) is 24.3 Å². The van der Waals surface area contributed by atoms with E-state index in [-0.39, 0.29) is 11.4 Å². The number of benzene rings is 2. The Kier molecular flexibility index (Phi) is 4.86. The minimum atomic E-state index is -0.770. The van der Waals surface area contributed by atoms with E-state index in [4.69, 9.17) is 21.1 Å². The van der Waals surface area contributed by atoms with E-state index < -0.39 is 5.54 Å². The van der Waals surface area contributed by atoms with Crippen LogP contribution in [0.1, 0.15) is 42.4 Å². The summed E-state index contributed by atoms with van der Waals surface area (Å²) in [7, 11) is 1.45. The van der Waals surface area contributed by atoms with Crippen molar-refractivity contribution >= 4 is 45.3 Å². The third-order valence-electron chi connectivity index (χ3n) is 6.86. The summed E-state index contributed by atoms with van der Waals surface area (Å²) in [5.74, 6) is 0.776. The van der Waals surface area contributed by atoms with Crippen molar-refractivity contribution in [1.82, 2.24) is 0 Å². The molecule has 5 rings (SSSR count). The molecular weight excluding hydrogens is 466 g/mol. The largest absolute Gasteiger partial charge is 0.493 e.